The van der Waals surface area contributed by atoms with E-state index < -0.39 is 10.0 Å². The summed E-state index contributed by atoms with van der Waals surface area (Å²) in [4.78, 5) is 14.2. The number of amides is 1. The van der Waals surface area contributed by atoms with Crippen molar-refractivity contribution in [1.82, 2.24) is 5.01 Å². The van der Waals surface area contributed by atoms with E-state index in [4.69, 9.17) is 0 Å². The molecule has 7 nitrogen and oxygen atoms in total. The molecule has 1 atom stereocenters. The first-order chi connectivity index (χ1) is 13.1. The molecule has 2 aromatic carbocycles. The highest BCUT2D eigenvalue weighted by atomic mass is 32.2. The van der Waals surface area contributed by atoms with Gasteiger partial charge in [-0.1, -0.05) is 24.3 Å². The van der Waals surface area contributed by atoms with Gasteiger partial charge < -0.3 is 4.90 Å². The molecule has 0 saturated heterocycles. The van der Waals surface area contributed by atoms with Crippen LogP contribution in [0, 0.1) is 0 Å². The number of hydrazone groups is 1. The van der Waals surface area contributed by atoms with Crippen molar-refractivity contribution >= 4 is 33.0 Å². The Kier molecular flexibility index (Phi) is 5.42. The molecule has 28 heavy (non-hydrogen) atoms. The summed E-state index contributed by atoms with van der Waals surface area (Å²) in [6.07, 6.45) is 1.66. The van der Waals surface area contributed by atoms with Gasteiger partial charge in [-0.25, -0.2) is 13.4 Å². The number of carbonyl (C=O) groups is 1. The number of anilines is 2. The van der Waals surface area contributed by atoms with Gasteiger partial charge in [0.2, 0.25) is 15.9 Å². The zero-order chi connectivity index (χ0) is 20.5. The molecule has 1 aliphatic heterocycles. The molecule has 1 heterocycles. The van der Waals surface area contributed by atoms with Crippen LogP contribution in [0.15, 0.2) is 53.6 Å². The molecule has 2 aromatic rings. The van der Waals surface area contributed by atoms with E-state index in [1.165, 1.54) is 11.9 Å². The SMILES string of the molecule is CC(=O)N1N=C(c2cccc(NS(C)(=O)=O)c2)CC1c1cccc(N(C)C)c1. The summed E-state index contributed by atoms with van der Waals surface area (Å²) in [6.45, 7) is 1.50. The number of hydrogen-bond donors (Lipinski definition) is 1. The third-order valence-electron chi connectivity index (χ3n) is 4.50. The van der Waals surface area contributed by atoms with E-state index in [1.54, 1.807) is 18.2 Å². The maximum absolute atomic E-state index is 12.2. The second-order valence-electron chi connectivity index (χ2n) is 7.07. The van der Waals surface area contributed by atoms with Crippen molar-refractivity contribution in [2.24, 2.45) is 5.10 Å². The minimum absolute atomic E-state index is 0.138. The average Bonchev–Trinajstić information content (AvgIpc) is 3.06. The predicted molar refractivity (Wildman–Crippen MR) is 112 cm³/mol. The van der Waals surface area contributed by atoms with Gasteiger partial charge in [-0.3, -0.25) is 9.52 Å². The molecule has 0 fully saturated rings. The molecule has 1 amide bonds. The largest absolute Gasteiger partial charge is 0.378 e. The van der Waals surface area contributed by atoms with Crippen LogP contribution >= 0.6 is 0 Å². The Morgan fingerprint density at radius 1 is 1.18 bits per heavy atom. The fourth-order valence-electron chi connectivity index (χ4n) is 3.22. The summed E-state index contributed by atoms with van der Waals surface area (Å²) in [7, 11) is 0.574. The van der Waals surface area contributed by atoms with Gasteiger partial charge >= 0.3 is 0 Å². The molecule has 0 aliphatic carbocycles. The van der Waals surface area contributed by atoms with Crippen LogP contribution in [-0.4, -0.2) is 45.4 Å². The lowest BCUT2D eigenvalue weighted by atomic mass is 9.97. The number of sulfonamides is 1. The molecular weight excluding hydrogens is 376 g/mol. The van der Waals surface area contributed by atoms with Crippen LogP contribution in [0.3, 0.4) is 0 Å². The minimum atomic E-state index is -3.37. The van der Waals surface area contributed by atoms with Gasteiger partial charge in [0, 0.05) is 38.8 Å². The summed E-state index contributed by atoms with van der Waals surface area (Å²) >= 11 is 0. The predicted octanol–water partition coefficient (Wildman–Crippen LogP) is 2.82. The van der Waals surface area contributed by atoms with E-state index in [0.717, 1.165) is 28.8 Å². The molecule has 8 heteroatoms. The van der Waals surface area contributed by atoms with Crippen molar-refractivity contribution in [2.45, 2.75) is 19.4 Å². The standard InChI is InChI=1S/C20H24N4O3S/c1-14(25)24-20(16-8-6-10-18(12-16)23(2)3)13-19(21-24)15-7-5-9-17(11-15)22-28(4,26)27/h5-12,20,22H,13H2,1-4H3. The number of hydrogen-bond acceptors (Lipinski definition) is 5. The number of benzene rings is 2. The Bertz CT molecular complexity index is 1030. The van der Waals surface area contributed by atoms with Gasteiger partial charge in [-0.2, -0.15) is 5.10 Å². The highest BCUT2D eigenvalue weighted by molar-refractivity contribution is 7.92. The van der Waals surface area contributed by atoms with Gasteiger partial charge in [-0.05, 0) is 35.4 Å². The van der Waals surface area contributed by atoms with E-state index in [1.807, 2.05) is 43.3 Å². The van der Waals surface area contributed by atoms with Crippen LogP contribution in [-0.2, 0) is 14.8 Å². The van der Waals surface area contributed by atoms with Crippen molar-refractivity contribution < 1.29 is 13.2 Å². The number of rotatable bonds is 5. The lowest BCUT2D eigenvalue weighted by Gasteiger charge is -2.22. The van der Waals surface area contributed by atoms with Crippen LogP contribution in [0.4, 0.5) is 11.4 Å². The first kappa shape index (κ1) is 19.9. The monoisotopic (exact) mass is 400 g/mol. The Hall–Kier alpha value is -2.87. The average molecular weight is 401 g/mol. The summed E-state index contributed by atoms with van der Waals surface area (Å²) in [5.74, 6) is -0.138. The fraction of sp³-hybridized carbons (Fsp3) is 0.300. The minimum Gasteiger partial charge on any atom is -0.378 e. The Morgan fingerprint density at radius 2 is 1.89 bits per heavy atom. The molecule has 0 saturated carbocycles. The lowest BCUT2D eigenvalue weighted by Crippen LogP contribution is -2.24. The molecule has 1 aliphatic rings. The summed E-state index contributed by atoms with van der Waals surface area (Å²) in [5.41, 5.74) is 4.05. The van der Waals surface area contributed by atoms with Crippen LogP contribution in [0.5, 0.6) is 0 Å². The Labute approximate surface area is 165 Å². The molecule has 1 N–H and O–H groups in total. The van der Waals surface area contributed by atoms with Gasteiger partial charge in [0.1, 0.15) is 0 Å². The maximum atomic E-state index is 12.2. The van der Waals surface area contributed by atoms with Crippen molar-refractivity contribution in [3.63, 3.8) is 0 Å². The quantitative estimate of drug-likeness (QED) is 0.837. The van der Waals surface area contributed by atoms with E-state index in [-0.39, 0.29) is 11.9 Å². The maximum Gasteiger partial charge on any atom is 0.240 e. The fourth-order valence-corrected chi connectivity index (χ4v) is 3.78. The topological polar surface area (TPSA) is 82.1 Å². The third-order valence-corrected chi connectivity index (χ3v) is 5.11. The Morgan fingerprint density at radius 3 is 2.54 bits per heavy atom. The van der Waals surface area contributed by atoms with Gasteiger partial charge in [0.25, 0.3) is 0 Å². The van der Waals surface area contributed by atoms with E-state index in [9.17, 15) is 13.2 Å². The third kappa shape index (κ3) is 4.51. The van der Waals surface area contributed by atoms with E-state index in [0.29, 0.717) is 12.1 Å². The van der Waals surface area contributed by atoms with Gasteiger partial charge in [0.15, 0.2) is 0 Å². The number of nitrogens with one attached hydrogen (secondary N) is 1. The van der Waals surface area contributed by atoms with E-state index >= 15 is 0 Å². The molecule has 0 radical (unpaired) electrons. The first-order valence-electron chi connectivity index (χ1n) is 8.87. The van der Waals surface area contributed by atoms with Gasteiger partial charge in [-0.15, -0.1) is 0 Å². The molecule has 3 rings (SSSR count). The number of carbonyl (C=O) groups excluding carboxylic acids is 1. The van der Waals surface area contributed by atoms with Crippen molar-refractivity contribution in [2.75, 3.05) is 30.0 Å². The number of nitrogens with zero attached hydrogens (tertiary/aromatic N) is 3. The van der Waals surface area contributed by atoms with Crippen LogP contribution in [0.2, 0.25) is 0 Å². The zero-order valence-corrected chi connectivity index (χ0v) is 17.2. The summed E-state index contributed by atoms with van der Waals surface area (Å²) in [5, 5.41) is 6.04. The molecule has 0 spiro atoms. The van der Waals surface area contributed by atoms with Crippen LogP contribution < -0.4 is 9.62 Å². The summed E-state index contributed by atoms with van der Waals surface area (Å²) in [6, 6.07) is 14.9. The highest BCUT2D eigenvalue weighted by Gasteiger charge is 2.31. The highest BCUT2D eigenvalue weighted by Crippen LogP contribution is 2.34. The van der Waals surface area contributed by atoms with Gasteiger partial charge in [0.05, 0.1) is 18.0 Å². The normalized spacial score (nSPS) is 16.6. The first-order valence-corrected chi connectivity index (χ1v) is 10.8. The molecule has 148 valence electrons. The zero-order valence-electron chi connectivity index (χ0n) is 16.4. The second kappa shape index (κ2) is 7.63. The van der Waals surface area contributed by atoms with E-state index in [2.05, 4.69) is 15.9 Å². The molecule has 0 aromatic heterocycles. The van der Waals surface area contributed by atoms with Crippen molar-refractivity contribution in [3.05, 3.63) is 59.7 Å². The smallest absolute Gasteiger partial charge is 0.240 e. The summed E-state index contributed by atoms with van der Waals surface area (Å²) < 4.78 is 25.5. The lowest BCUT2D eigenvalue weighted by molar-refractivity contribution is -0.130. The van der Waals surface area contributed by atoms with Crippen molar-refractivity contribution in [3.8, 4) is 0 Å². The van der Waals surface area contributed by atoms with Crippen LogP contribution in [0.1, 0.15) is 30.5 Å². The molecule has 0 bridgehead atoms. The Balaban J connectivity index is 1.93. The van der Waals surface area contributed by atoms with Crippen molar-refractivity contribution in [1.29, 1.82) is 0 Å². The molecule has 1 unspecified atom stereocenters. The second-order valence-corrected chi connectivity index (χ2v) is 8.82. The molecular formula is C20H24N4O3S. The van der Waals surface area contributed by atoms with Crippen LogP contribution in [0.25, 0.3) is 0 Å².